The Bertz CT molecular complexity index is 418. The number of alkyl halides is 3. The second-order valence-electron chi connectivity index (χ2n) is 3.93. The van der Waals surface area contributed by atoms with Crippen LogP contribution in [0.15, 0.2) is 24.3 Å². The molecule has 1 aromatic carbocycles. The molecule has 1 amide bonds. The summed E-state index contributed by atoms with van der Waals surface area (Å²) >= 11 is 0. The number of hydrogen-bond acceptors (Lipinski definition) is 2. The van der Waals surface area contributed by atoms with Gasteiger partial charge >= 0.3 is 6.18 Å². The van der Waals surface area contributed by atoms with Gasteiger partial charge in [-0.3, -0.25) is 4.79 Å². The number of nitrogens with zero attached hydrogens (tertiary/aromatic N) is 1. The maximum absolute atomic E-state index is 12.2. The number of halogens is 3. The number of benzene rings is 1. The number of rotatable bonds is 4. The largest absolute Gasteiger partial charge is 0.399 e. The highest BCUT2D eigenvalue weighted by molar-refractivity contribution is 5.94. The number of carbonyl (C=O) groups is 1. The van der Waals surface area contributed by atoms with Gasteiger partial charge in [0, 0.05) is 17.9 Å². The fraction of sp³-hybridized carbons (Fsp3) is 0.417. The van der Waals surface area contributed by atoms with Gasteiger partial charge < -0.3 is 10.6 Å². The summed E-state index contributed by atoms with van der Waals surface area (Å²) in [6.07, 6.45) is -5.39. The lowest BCUT2D eigenvalue weighted by Crippen LogP contribution is -2.34. The van der Waals surface area contributed by atoms with E-state index in [1.807, 2.05) is 0 Å². The average Bonchev–Trinajstić information content (AvgIpc) is 2.23. The van der Waals surface area contributed by atoms with Crippen molar-refractivity contribution in [3.05, 3.63) is 24.3 Å². The van der Waals surface area contributed by atoms with E-state index in [0.717, 1.165) is 4.90 Å². The lowest BCUT2D eigenvalue weighted by atomic mass is 10.2. The summed E-state index contributed by atoms with van der Waals surface area (Å²) in [6, 6.07) is 6.28. The molecule has 100 valence electrons. The molecular formula is C12H15F3N2O. The summed E-state index contributed by atoms with van der Waals surface area (Å²) in [5, 5.41) is 0. The molecule has 0 aliphatic carbocycles. The standard InChI is InChI=1S/C12H15F3N2O/c1-2-6-17(11(18)8-12(13,14)15)10-5-3-4-9(16)7-10/h3-5,7H,2,6,8,16H2,1H3. The molecule has 0 saturated heterocycles. The highest BCUT2D eigenvalue weighted by atomic mass is 19.4. The van der Waals surface area contributed by atoms with Crippen LogP contribution in [-0.2, 0) is 4.79 Å². The maximum atomic E-state index is 12.2. The molecule has 18 heavy (non-hydrogen) atoms. The highest BCUT2D eigenvalue weighted by Gasteiger charge is 2.33. The lowest BCUT2D eigenvalue weighted by Gasteiger charge is -2.23. The minimum Gasteiger partial charge on any atom is -0.399 e. The molecule has 0 spiro atoms. The summed E-state index contributed by atoms with van der Waals surface area (Å²) in [4.78, 5) is 12.7. The van der Waals surface area contributed by atoms with Gasteiger partial charge in [0.15, 0.2) is 0 Å². The molecule has 1 rings (SSSR count). The van der Waals surface area contributed by atoms with Gasteiger partial charge in [0.05, 0.1) is 0 Å². The van der Waals surface area contributed by atoms with E-state index in [-0.39, 0.29) is 6.54 Å². The van der Waals surface area contributed by atoms with Crippen molar-refractivity contribution in [3.8, 4) is 0 Å². The Labute approximate surface area is 103 Å². The second-order valence-corrected chi connectivity index (χ2v) is 3.93. The van der Waals surface area contributed by atoms with E-state index >= 15 is 0 Å². The molecule has 0 aliphatic rings. The fourth-order valence-electron chi connectivity index (χ4n) is 1.58. The number of anilines is 2. The predicted molar refractivity (Wildman–Crippen MR) is 64.2 cm³/mol. The van der Waals surface area contributed by atoms with Crippen LogP contribution < -0.4 is 10.6 Å². The third-order valence-electron chi connectivity index (χ3n) is 2.28. The Morgan fingerprint density at radius 1 is 1.39 bits per heavy atom. The number of amides is 1. The van der Waals surface area contributed by atoms with E-state index in [1.165, 1.54) is 6.07 Å². The van der Waals surface area contributed by atoms with Gasteiger partial charge in [0.1, 0.15) is 6.42 Å². The zero-order valence-electron chi connectivity index (χ0n) is 10.00. The van der Waals surface area contributed by atoms with Crippen LogP contribution in [-0.4, -0.2) is 18.6 Å². The molecule has 0 aromatic heterocycles. The summed E-state index contributed by atoms with van der Waals surface area (Å²) in [7, 11) is 0. The van der Waals surface area contributed by atoms with Crippen molar-refractivity contribution in [2.45, 2.75) is 25.9 Å². The first-order chi connectivity index (χ1) is 8.33. The predicted octanol–water partition coefficient (Wildman–Crippen LogP) is 2.96. The van der Waals surface area contributed by atoms with Crippen molar-refractivity contribution < 1.29 is 18.0 Å². The number of carbonyl (C=O) groups excluding carboxylic acids is 1. The molecule has 1 aromatic rings. The quantitative estimate of drug-likeness (QED) is 0.846. The average molecular weight is 260 g/mol. The highest BCUT2D eigenvalue weighted by Crippen LogP contribution is 2.24. The van der Waals surface area contributed by atoms with Gasteiger partial charge in [-0.05, 0) is 24.6 Å². The zero-order valence-corrected chi connectivity index (χ0v) is 10.00. The fourth-order valence-corrected chi connectivity index (χ4v) is 1.58. The Morgan fingerprint density at radius 2 is 2.06 bits per heavy atom. The Hall–Kier alpha value is -1.72. The molecule has 3 nitrogen and oxygen atoms in total. The Balaban J connectivity index is 2.92. The monoisotopic (exact) mass is 260 g/mol. The summed E-state index contributed by atoms with van der Waals surface area (Å²) in [5.41, 5.74) is 6.36. The molecule has 0 fully saturated rings. The maximum Gasteiger partial charge on any atom is 0.397 e. The first-order valence-electron chi connectivity index (χ1n) is 5.56. The molecular weight excluding hydrogens is 245 g/mol. The zero-order chi connectivity index (χ0) is 13.8. The topological polar surface area (TPSA) is 46.3 Å². The molecule has 0 radical (unpaired) electrons. The van der Waals surface area contributed by atoms with Gasteiger partial charge in [-0.15, -0.1) is 0 Å². The molecule has 0 heterocycles. The van der Waals surface area contributed by atoms with Crippen LogP contribution >= 0.6 is 0 Å². The van der Waals surface area contributed by atoms with Gasteiger partial charge in [-0.2, -0.15) is 13.2 Å². The van der Waals surface area contributed by atoms with Crippen molar-refractivity contribution in [2.75, 3.05) is 17.2 Å². The van der Waals surface area contributed by atoms with Gasteiger partial charge in [0.25, 0.3) is 0 Å². The van der Waals surface area contributed by atoms with Crippen LogP contribution in [0.3, 0.4) is 0 Å². The van der Waals surface area contributed by atoms with Crippen LogP contribution in [0.2, 0.25) is 0 Å². The Morgan fingerprint density at radius 3 is 2.56 bits per heavy atom. The molecule has 0 saturated carbocycles. The van der Waals surface area contributed by atoms with E-state index < -0.39 is 18.5 Å². The van der Waals surface area contributed by atoms with Gasteiger partial charge in [-0.1, -0.05) is 13.0 Å². The third-order valence-corrected chi connectivity index (χ3v) is 2.28. The minimum absolute atomic E-state index is 0.234. The number of hydrogen-bond donors (Lipinski definition) is 1. The van der Waals surface area contributed by atoms with Crippen LogP contribution in [0.5, 0.6) is 0 Å². The van der Waals surface area contributed by atoms with E-state index in [4.69, 9.17) is 5.73 Å². The molecule has 0 bridgehead atoms. The van der Waals surface area contributed by atoms with Crippen molar-refractivity contribution in [1.29, 1.82) is 0 Å². The summed E-state index contributed by atoms with van der Waals surface area (Å²) in [6.45, 7) is 2.03. The lowest BCUT2D eigenvalue weighted by molar-refractivity contribution is -0.151. The van der Waals surface area contributed by atoms with Crippen LogP contribution in [0, 0.1) is 0 Å². The van der Waals surface area contributed by atoms with Crippen molar-refractivity contribution >= 4 is 17.3 Å². The van der Waals surface area contributed by atoms with Crippen LogP contribution in [0.1, 0.15) is 19.8 Å². The summed E-state index contributed by atoms with van der Waals surface area (Å²) in [5.74, 6) is -0.963. The first kappa shape index (κ1) is 14.3. The normalized spacial score (nSPS) is 11.3. The van der Waals surface area contributed by atoms with E-state index in [2.05, 4.69) is 0 Å². The molecule has 2 N–H and O–H groups in total. The molecule has 0 unspecified atom stereocenters. The minimum atomic E-state index is -4.50. The van der Waals surface area contributed by atoms with Crippen LogP contribution in [0.4, 0.5) is 24.5 Å². The summed E-state index contributed by atoms with van der Waals surface area (Å²) < 4.78 is 36.7. The third kappa shape index (κ3) is 4.27. The van der Waals surface area contributed by atoms with Gasteiger partial charge in [-0.25, -0.2) is 0 Å². The molecule has 0 atom stereocenters. The van der Waals surface area contributed by atoms with E-state index in [9.17, 15) is 18.0 Å². The molecule has 0 aliphatic heterocycles. The first-order valence-corrected chi connectivity index (χ1v) is 5.56. The number of nitrogens with two attached hydrogens (primary N) is 1. The van der Waals surface area contributed by atoms with Crippen molar-refractivity contribution in [2.24, 2.45) is 0 Å². The SMILES string of the molecule is CCCN(C(=O)CC(F)(F)F)c1cccc(N)c1. The van der Waals surface area contributed by atoms with Gasteiger partial charge in [0.2, 0.25) is 5.91 Å². The number of nitrogen functional groups attached to an aromatic ring is 1. The van der Waals surface area contributed by atoms with E-state index in [1.54, 1.807) is 25.1 Å². The second kappa shape index (κ2) is 5.75. The smallest absolute Gasteiger partial charge is 0.397 e. The van der Waals surface area contributed by atoms with Crippen LogP contribution in [0.25, 0.3) is 0 Å². The Kier molecular flexibility index (Phi) is 4.58. The van der Waals surface area contributed by atoms with Crippen molar-refractivity contribution in [3.63, 3.8) is 0 Å². The van der Waals surface area contributed by atoms with Crippen molar-refractivity contribution in [1.82, 2.24) is 0 Å². The molecule has 6 heteroatoms. The van der Waals surface area contributed by atoms with E-state index in [0.29, 0.717) is 17.8 Å².